The van der Waals surface area contributed by atoms with Gasteiger partial charge in [0.15, 0.2) is 11.6 Å². The third-order valence-electron chi connectivity index (χ3n) is 4.11. The maximum absolute atomic E-state index is 11.3. The van der Waals surface area contributed by atoms with E-state index in [4.69, 9.17) is 0 Å². The summed E-state index contributed by atoms with van der Waals surface area (Å²) in [5.41, 5.74) is 3.69. The third kappa shape index (κ3) is 4.35. The lowest BCUT2D eigenvalue weighted by atomic mass is 10.1. The van der Waals surface area contributed by atoms with E-state index >= 15 is 0 Å². The van der Waals surface area contributed by atoms with E-state index in [9.17, 15) is 9.59 Å². The van der Waals surface area contributed by atoms with Gasteiger partial charge in [0.25, 0.3) is 0 Å². The van der Waals surface area contributed by atoms with E-state index in [2.05, 4.69) is 6.67 Å². The summed E-state index contributed by atoms with van der Waals surface area (Å²) in [7, 11) is 0. The third-order valence-corrected chi connectivity index (χ3v) is 4.11. The zero-order valence-corrected chi connectivity index (χ0v) is 14.4. The average molecular weight is 332 g/mol. The number of carbonyl (C=O) groups is 2. The molecule has 2 aromatic carbocycles. The van der Waals surface area contributed by atoms with E-state index < -0.39 is 0 Å². The lowest BCUT2D eigenvalue weighted by molar-refractivity contribution is 0.100. The molecule has 0 saturated heterocycles. The second kappa shape index (κ2) is 7.34. The minimum Gasteiger partial charge on any atom is -0.342 e. The van der Waals surface area contributed by atoms with Crippen LogP contribution in [-0.4, -0.2) is 21.4 Å². The van der Waals surface area contributed by atoms with Gasteiger partial charge in [-0.3, -0.25) is 9.59 Å². The van der Waals surface area contributed by atoms with E-state index in [1.807, 2.05) is 70.7 Å². The lowest BCUT2D eigenvalue weighted by Crippen LogP contribution is -2.19. The average Bonchev–Trinajstić information content (AvgIpc) is 3.02. The van der Waals surface area contributed by atoms with Crippen molar-refractivity contribution >= 4 is 11.6 Å². The number of nitrogens with zero attached hydrogens (tertiary/aromatic N) is 2. The number of ketones is 2. The Morgan fingerprint density at radius 2 is 1.08 bits per heavy atom. The van der Waals surface area contributed by atoms with Crippen LogP contribution in [0.25, 0.3) is 0 Å². The molecule has 0 N–H and O–H groups in total. The molecule has 0 amide bonds. The van der Waals surface area contributed by atoms with Crippen molar-refractivity contribution in [3.8, 4) is 0 Å². The topological polar surface area (TPSA) is 40.6 Å². The molecular formula is C21H20N2O2. The first kappa shape index (κ1) is 17.0. The van der Waals surface area contributed by atoms with Gasteiger partial charge >= 0.3 is 0 Å². The van der Waals surface area contributed by atoms with Crippen molar-refractivity contribution in [3.63, 3.8) is 0 Å². The minimum atomic E-state index is 0.0766. The van der Waals surface area contributed by atoms with E-state index in [0.29, 0.717) is 13.1 Å². The normalized spacial score (nSPS) is 13.4. The number of rotatable bonds is 6. The maximum Gasteiger partial charge on any atom is 0.208 e. The Balaban J connectivity index is 1.54. The van der Waals surface area contributed by atoms with Gasteiger partial charge in [-0.25, -0.2) is 0 Å². The highest BCUT2D eigenvalue weighted by Gasteiger charge is 2.15. The van der Waals surface area contributed by atoms with Gasteiger partial charge in [-0.2, -0.15) is 0 Å². The molecule has 3 rings (SSSR count). The van der Waals surface area contributed by atoms with Crippen molar-refractivity contribution in [2.45, 2.75) is 26.9 Å². The molecular weight excluding hydrogens is 312 g/mol. The minimum absolute atomic E-state index is 0.0766. The first-order valence-electron chi connectivity index (χ1n) is 8.19. The second-order valence-electron chi connectivity index (χ2n) is 6.16. The van der Waals surface area contributed by atoms with Gasteiger partial charge in [-0.1, -0.05) is 48.5 Å². The summed E-state index contributed by atoms with van der Waals surface area (Å²) < 4.78 is 0. The fourth-order valence-corrected chi connectivity index (χ4v) is 2.65. The Morgan fingerprint density at radius 3 is 1.40 bits per heavy atom. The summed E-state index contributed by atoms with van der Waals surface area (Å²) >= 11 is 0. The van der Waals surface area contributed by atoms with Crippen LogP contribution in [-0.2, 0) is 13.1 Å². The van der Waals surface area contributed by atoms with Crippen molar-refractivity contribution in [2.75, 3.05) is 0 Å². The fraction of sp³-hybridized carbons (Fsp3) is 0.190. The van der Waals surface area contributed by atoms with Crippen LogP contribution in [0.1, 0.15) is 45.7 Å². The molecule has 1 heterocycles. The van der Waals surface area contributed by atoms with Crippen molar-refractivity contribution in [1.82, 2.24) is 9.80 Å². The van der Waals surface area contributed by atoms with Crippen molar-refractivity contribution in [2.24, 2.45) is 0 Å². The summed E-state index contributed by atoms with van der Waals surface area (Å²) in [6, 6.07) is 15.3. The predicted octanol–water partition coefficient (Wildman–Crippen LogP) is 3.88. The molecule has 0 spiro atoms. The van der Waals surface area contributed by atoms with Crippen molar-refractivity contribution < 1.29 is 9.59 Å². The highest BCUT2D eigenvalue weighted by atomic mass is 16.1. The molecule has 2 radical (unpaired) electrons. The van der Waals surface area contributed by atoms with E-state index in [1.165, 1.54) is 0 Å². The highest BCUT2D eigenvalue weighted by molar-refractivity contribution is 5.94. The Hall–Kier alpha value is -2.88. The van der Waals surface area contributed by atoms with E-state index in [-0.39, 0.29) is 11.6 Å². The molecule has 0 aliphatic carbocycles. The maximum atomic E-state index is 11.3. The zero-order valence-electron chi connectivity index (χ0n) is 14.4. The van der Waals surface area contributed by atoms with Crippen LogP contribution in [0, 0.1) is 6.67 Å². The van der Waals surface area contributed by atoms with Crippen LogP contribution >= 0.6 is 0 Å². The quantitative estimate of drug-likeness (QED) is 0.753. The smallest absolute Gasteiger partial charge is 0.208 e. The molecule has 1 aliphatic heterocycles. The lowest BCUT2D eigenvalue weighted by Gasteiger charge is -2.19. The van der Waals surface area contributed by atoms with Gasteiger partial charge in [-0.15, -0.1) is 0 Å². The summed E-state index contributed by atoms with van der Waals surface area (Å²) in [6.45, 7) is 7.83. The van der Waals surface area contributed by atoms with Gasteiger partial charge in [0.1, 0.15) is 0 Å². The molecule has 0 unspecified atom stereocenters. The fourth-order valence-electron chi connectivity index (χ4n) is 2.65. The standard InChI is InChI=1S/C21H20N2O2/c1-16(24)20-7-3-18(4-8-20)13-22-11-12-23(15-22)14-19-5-9-21(10-6-19)17(2)25/h3-12H,13-14H2,1-2H3. The zero-order chi connectivity index (χ0) is 17.8. The summed E-state index contributed by atoms with van der Waals surface area (Å²) in [5, 5.41) is 0. The van der Waals surface area contributed by atoms with Gasteiger partial charge in [0.05, 0.1) is 0 Å². The Bertz CT molecular complexity index is 724. The molecule has 0 bridgehead atoms. The molecule has 2 aromatic rings. The SMILES string of the molecule is CC(=O)c1ccc(CN2[C]N(Cc3ccc(C(C)=O)cc3)C=C2)cc1. The van der Waals surface area contributed by atoms with Crippen LogP contribution in [0.5, 0.6) is 0 Å². The molecule has 1 aliphatic rings. The summed E-state index contributed by atoms with van der Waals surface area (Å²) in [5.74, 6) is 0.153. The first-order chi connectivity index (χ1) is 12.0. The monoisotopic (exact) mass is 332 g/mol. The van der Waals surface area contributed by atoms with Crippen LogP contribution in [0.4, 0.5) is 0 Å². The highest BCUT2D eigenvalue weighted by Crippen LogP contribution is 2.19. The Kier molecular flexibility index (Phi) is 4.98. The number of benzene rings is 2. The molecule has 0 aromatic heterocycles. The molecule has 126 valence electrons. The Labute approximate surface area is 148 Å². The van der Waals surface area contributed by atoms with Crippen LogP contribution in [0.15, 0.2) is 60.9 Å². The second-order valence-corrected chi connectivity index (χ2v) is 6.16. The van der Waals surface area contributed by atoms with Crippen LogP contribution in [0.2, 0.25) is 0 Å². The van der Waals surface area contributed by atoms with Gasteiger partial charge in [0, 0.05) is 36.6 Å². The molecule has 25 heavy (non-hydrogen) atoms. The number of Topliss-reactive ketones (excluding diaryl/α,β-unsaturated/α-hetero) is 2. The molecule has 0 saturated carbocycles. The molecule has 0 fully saturated rings. The molecule has 0 atom stereocenters. The Morgan fingerprint density at radius 1 is 0.720 bits per heavy atom. The largest absolute Gasteiger partial charge is 0.342 e. The predicted molar refractivity (Wildman–Crippen MR) is 96.4 cm³/mol. The van der Waals surface area contributed by atoms with Gasteiger partial charge < -0.3 is 9.80 Å². The van der Waals surface area contributed by atoms with E-state index in [0.717, 1.165) is 22.3 Å². The molecule has 4 nitrogen and oxygen atoms in total. The number of carbonyl (C=O) groups excluding carboxylic acids is 2. The van der Waals surface area contributed by atoms with Gasteiger partial charge in [-0.05, 0) is 25.0 Å². The van der Waals surface area contributed by atoms with Crippen LogP contribution in [0.3, 0.4) is 0 Å². The van der Waals surface area contributed by atoms with E-state index in [1.54, 1.807) is 13.8 Å². The number of hydrogen-bond donors (Lipinski definition) is 0. The van der Waals surface area contributed by atoms with Crippen molar-refractivity contribution in [1.29, 1.82) is 0 Å². The van der Waals surface area contributed by atoms with Crippen LogP contribution < -0.4 is 0 Å². The number of hydrogen-bond acceptors (Lipinski definition) is 4. The van der Waals surface area contributed by atoms with Gasteiger partial charge in [0.2, 0.25) is 6.67 Å². The van der Waals surface area contributed by atoms with Crippen molar-refractivity contribution in [3.05, 3.63) is 89.9 Å². The molecule has 4 heteroatoms. The summed E-state index contributed by atoms with van der Waals surface area (Å²) in [4.78, 5) is 26.6. The summed E-state index contributed by atoms with van der Waals surface area (Å²) in [6.07, 6.45) is 3.95. The first-order valence-corrected chi connectivity index (χ1v) is 8.19.